The van der Waals surface area contributed by atoms with Gasteiger partial charge in [0.05, 0.1) is 17.7 Å². The average Bonchev–Trinajstić information content (AvgIpc) is 2.67. The van der Waals surface area contributed by atoms with Crippen LogP contribution in [0.15, 0.2) is 12.3 Å². The number of piperidine rings is 1. The molecule has 0 aliphatic carbocycles. The first-order valence-corrected chi connectivity index (χ1v) is 9.00. The van der Waals surface area contributed by atoms with Crippen LogP contribution < -0.4 is 4.90 Å². The number of hydrogen-bond donors (Lipinski definition) is 0. The number of piperazine rings is 1. The normalized spacial score (nSPS) is 18.2. The van der Waals surface area contributed by atoms with Gasteiger partial charge >= 0.3 is 6.09 Å². The van der Waals surface area contributed by atoms with Gasteiger partial charge in [-0.25, -0.2) is 9.78 Å². The summed E-state index contributed by atoms with van der Waals surface area (Å²) in [6, 6.07) is 1.70. The Hall–Kier alpha value is -2.02. The van der Waals surface area contributed by atoms with E-state index >= 15 is 0 Å². The van der Waals surface area contributed by atoms with Crippen LogP contribution in [0.1, 0.15) is 29.6 Å². The Kier molecular flexibility index (Phi) is 5.63. The quantitative estimate of drug-likeness (QED) is 0.803. The van der Waals surface area contributed by atoms with Gasteiger partial charge in [0.15, 0.2) is 0 Å². The van der Waals surface area contributed by atoms with Crippen LogP contribution in [0.3, 0.4) is 0 Å². The zero-order valence-electron chi connectivity index (χ0n) is 14.4. The standard InChI is InChI=1S/C17H23ClN4O3/c1-25-17(24)22-9-7-20(8-10-22)15-14(18)11-13(12-19-15)16(23)21-5-3-2-4-6-21/h11-12H,2-10H2,1H3. The highest BCUT2D eigenvalue weighted by atomic mass is 35.5. The van der Waals surface area contributed by atoms with Crippen molar-refractivity contribution in [1.82, 2.24) is 14.8 Å². The largest absolute Gasteiger partial charge is 0.453 e. The van der Waals surface area contributed by atoms with Crippen LogP contribution in [0, 0.1) is 0 Å². The molecule has 0 spiro atoms. The fourth-order valence-electron chi connectivity index (χ4n) is 3.29. The van der Waals surface area contributed by atoms with Gasteiger partial charge in [0, 0.05) is 45.5 Å². The van der Waals surface area contributed by atoms with Crippen molar-refractivity contribution < 1.29 is 14.3 Å². The summed E-state index contributed by atoms with van der Waals surface area (Å²) >= 11 is 6.39. The van der Waals surface area contributed by atoms with Crippen molar-refractivity contribution in [2.75, 3.05) is 51.3 Å². The lowest BCUT2D eigenvalue weighted by Gasteiger charge is -2.35. The molecule has 2 aliphatic heterocycles. The third-order valence-electron chi connectivity index (χ3n) is 4.72. The van der Waals surface area contributed by atoms with E-state index < -0.39 is 0 Å². The van der Waals surface area contributed by atoms with E-state index in [1.807, 2.05) is 9.80 Å². The van der Waals surface area contributed by atoms with Crippen molar-refractivity contribution in [3.05, 3.63) is 22.8 Å². The minimum atomic E-state index is -0.318. The molecule has 0 atom stereocenters. The second-order valence-electron chi connectivity index (χ2n) is 6.33. The minimum absolute atomic E-state index is 0.00356. The molecule has 8 heteroatoms. The summed E-state index contributed by atoms with van der Waals surface area (Å²) in [5.41, 5.74) is 0.531. The van der Waals surface area contributed by atoms with E-state index in [0.717, 1.165) is 25.9 Å². The number of amides is 2. The molecule has 0 saturated carbocycles. The van der Waals surface area contributed by atoms with Gasteiger partial charge in [-0.3, -0.25) is 4.79 Å². The van der Waals surface area contributed by atoms with E-state index in [2.05, 4.69) is 4.98 Å². The lowest BCUT2D eigenvalue weighted by atomic mass is 10.1. The molecule has 0 bridgehead atoms. The molecule has 1 aromatic heterocycles. The van der Waals surface area contributed by atoms with Gasteiger partial charge in [-0.05, 0) is 25.3 Å². The number of carbonyl (C=O) groups excluding carboxylic acids is 2. The van der Waals surface area contributed by atoms with E-state index in [-0.39, 0.29) is 12.0 Å². The van der Waals surface area contributed by atoms with E-state index in [4.69, 9.17) is 16.3 Å². The highest BCUT2D eigenvalue weighted by Crippen LogP contribution is 2.26. The molecule has 0 radical (unpaired) electrons. The number of halogens is 1. The molecule has 1 aromatic rings. The van der Waals surface area contributed by atoms with Gasteiger partial charge in [0.2, 0.25) is 0 Å². The van der Waals surface area contributed by atoms with E-state index in [0.29, 0.717) is 42.6 Å². The number of ether oxygens (including phenoxy) is 1. The third-order valence-corrected chi connectivity index (χ3v) is 5.00. The average molecular weight is 367 g/mol. The van der Waals surface area contributed by atoms with Crippen molar-refractivity contribution in [1.29, 1.82) is 0 Å². The van der Waals surface area contributed by atoms with Crippen molar-refractivity contribution in [3.8, 4) is 0 Å². The molecule has 2 amide bonds. The molecule has 2 aliphatic rings. The van der Waals surface area contributed by atoms with E-state index in [1.54, 1.807) is 17.2 Å². The van der Waals surface area contributed by atoms with Crippen LogP contribution in [0.25, 0.3) is 0 Å². The number of anilines is 1. The van der Waals surface area contributed by atoms with Gasteiger partial charge in [0.1, 0.15) is 5.82 Å². The molecule has 3 rings (SSSR count). The molecule has 7 nitrogen and oxygen atoms in total. The molecule has 0 N–H and O–H groups in total. The van der Waals surface area contributed by atoms with Crippen LogP contribution in [0.2, 0.25) is 5.02 Å². The molecule has 0 aromatic carbocycles. The highest BCUT2D eigenvalue weighted by Gasteiger charge is 2.25. The van der Waals surface area contributed by atoms with Crippen molar-refractivity contribution >= 4 is 29.4 Å². The first-order valence-electron chi connectivity index (χ1n) is 8.63. The number of methoxy groups -OCH3 is 1. The van der Waals surface area contributed by atoms with Crippen LogP contribution in [0.5, 0.6) is 0 Å². The Morgan fingerprint density at radius 2 is 1.72 bits per heavy atom. The van der Waals surface area contributed by atoms with Gasteiger partial charge in [-0.15, -0.1) is 0 Å². The Morgan fingerprint density at radius 3 is 2.32 bits per heavy atom. The molecule has 2 saturated heterocycles. The summed E-state index contributed by atoms with van der Waals surface area (Å²) < 4.78 is 4.74. The van der Waals surface area contributed by atoms with E-state index in [9.17, 15) is 9.59 Å². The predicted molar refractivity (Wildman–Crippen MR) is 95.2 cm³/mol. The SMILES string of the molecule is COC(=O)N1CCN(c2ncc(C(=O)N3CCCCC3)cc2Cl)CC1. The molecule has 136 valence electrons. The van der Waals surface area contributed by atoms with Crippen LogP contribution in [-0.2, 0) is 4.74 Å². The van der Waals surface area contributed by atoms with Crippen molar-refractivity contribution in [2.24, 2.45) is 0 Å². The zero-order valence-corrected chi connectivity index (χ0v) is 15.2. The molecular formula is C17H23ClN4O3. The number of rotatable bonds is 2. The highest BCUT2D eigenvalue weighted by molar-refractivity contribution is 6.33. The van der Waals surface area contributed by atoms with Gasteiger partial charge in [0.25, 0.3) is 5.91 Å². The van der Waals surface area contributed by atoms with Crippen LogP contribution in [-0.4, -0.2) is 73.2 Å². The summed E-state index contributed by atoms with van der Waals surface area (Å²) in [5.74, 6) is 0.650. The number of likely N-dealkylation sites (tertiary alicyclic amines) is 1. The smallest absolute Gasteiger partial charge is 0.409 e. The molecule has 3 heterocycles. The molecule has 2 fully saturated rings. The monoisotopic (exact) mass is 366 g/mol. The molecular weight excluding hydrogens is 344 g/mol. The fourth-order valence-corrected chi connectivity index (χ4v) is 3.58. The van der Waals surface area contributed by atoms with E-state index in [1.165, 1.54) is 13.5 Å². The number of hydrogen-bond acceptors (Lipinski definition) is 5. The number of aromatic nitrogens is 1. The van der Waals surface area contributed by atoms with Crippen molar-refractivity contribution in [3.63, 3.8) is 0 Å². The number of carbonyl (C=O) groups is 2. The molecule has 25 heavy (non-hydrogen) atoms. The Balaban J connectivity index is 1.66. The Morgan fingerprint density at radius 1 is 1.04 bits per heavy atom. The maximum Gasteiger partial charge on any atom is 0.409 e. The van der Waals surface area contributed by atoms with Crippen LogP contribution >= 0.6 is 11.6 Å². The fraction of sp³-hybridized carbons (Fsp3) is 0.588. The van der Waals surface area contributed by atoms with Crippen molar-refractivity contribution in [2.45, 2.75) is 19.3 Å². The third kappa shape index (κ3) is 3.98. The van der Waals surface area contributed by atoms with Gasteiger partial charge in [-0.2, -0.15) is 0 Å². The predicted octanol–water partition coefficient (Wildman–Crippen LogP) is 2.25. The second-order valence-corrected chi connectivity index (χ2v) is 6.73. The summed E-state index contributed by atoms with van der Waals surface area (Å²) in [6.45, 7) is 3.96. The first kappa shape index (κ1) is 17.8. The lowest BCUT2D eigenvalue weighted by molar-refractivity contribution is 0.0724. The zero-order chi connectivity index (χ0) is 17.8. The maximum atomic E-state index is 12.5. The first-order chi connectivity index (χ1) is 12.1. The van der Waals surface area contributed by atoms with Gasteiger partial charge < -0.3 is 19.4 Å². The minimum Gasteiger partial charge on any atom is -0.453 e. The molecule has 0 unspecified atom stereocenters. The number of pyridine rings is 1. The Labute approximate surface area is 152 Å². The van der Waals surface area contributed by atoms with Crippen LogP contribution in [0.4, 0.5) is 10.6 Å². The Bertz CT molecular complexity index is 641. The van der Waals surface area contributed by atoms with Gasteiger partial charge in [-0.1, -0.05) is 11.6 Å². The lowest BCUT2D eigenvalue weighted by Crippen LogP contribution is -2.49. The number of nitrogens with zero attached hydrogens (tertiary/aromatic N) is 4. The summed E-state index contributed by atoms with van der Waals surface area (Å²) in [6.07, 6.45) is 4.57. The summed E-state index contributed by atoms with van der Waals surface area (Å²) in [7, 11) is 1.38. The summed E-state index contributed by atoms with van der Waals surface area (Å²) in [4.78, 5) is 34.1. The summed E-state index contributed by atoms with van der Waals surface area (Å²) in [5, 5.41) is 0.467. The second kappa shape index (κ2) is 7.91. The topological polar surface area (TPSA) is 66.0 Å². The maximum absolute atomic E-state index is 12.5.